The molecule has 1 aliphatic rings. The normalized spacial score (nSPS) is 17.3. The Hall–Kier alpha value is -3.46. The number of nitrogens with zero attached hydrogens (tertiary/aromatic N) is 5. The van der Waals surface area contributed by atoms with E-state index in [4.69, 9.17) is 0 Å². The second-order valence-corrected chi connectivity index (χ2v) is 10.6. The molecule has 1 fully saturated rings. The van der Waals surface area contributed by atoms with Crippen LogP contribution in [0, 0.1) is 0 Å². The largest absolute Gasteiger partial charge is 0.347 e. The maximum Gasteiger partial charge on any atom is 0.254 e. The SMILES string of the molecule is CCCN(CCC)C1CCC(N(Cc2ccc(C(=O)N(Cc3ncc[nH]3)Cc3ncc[nH]3)cc2)C(C)=O)CC1. The van der Waals surface area contributed by atoms with Gasteiger partial charge in [0.2, 0.25) is 5.91 Å². The molecule has 0 radical (unpaired) electrons. The Bertz CT molecular complexity index is 1090. The van der Waals surface area contributed by atoms with Crippen LogP contribution >= 0.6 is 0 Å². The summed E-state index contributed by atoms with van der Waals surface area (Å²) in [6.07, 6.45) is 13.6. The second-order valence-electron chi connectivity index (χ2n) is 10.6. The number of imidazole rings is 2. The Morgan fingerprint density at radius 3 is 1.82 bits per heavy atom. The number of aromatic amines is 2. The van der Waals surface area contributed by atoms with E-state index in [2.05, 4.69) is 38.7 Å². The smallest absolute Gasteiger partial charge is 0.254 e. The molecule has 0 saturated heterocycles. The van der Waals surface area contributed by atoms with E-state index in [1.807, 2.05) is 29.2 Å². The van der Waals surface area contributed by atoms with Crippen LogP contribution in [0.25, 0.3) is 0 Å². The minimum atomic E-state index is -0.0974. The molecule has 2 aromatic heterocycles. The number of benzene rings is 1. The van der Waals surface area contributed by atoms with Crippen molar-refractivity contribution in [2.24, 2.45) is 0 Å². The lowest BCUT2D eigenvalue weighted by Crippen LogP contribution is -2.45. The van der Waals surface area contributed by atoms with E-state index >= 15 is 0 Å². The predicted molar refractivity (Wildman–Crippen MR) is 152 cm³/mol. The lowest BCUT2D eigenvalue weighted by atomic mass is 9.88. The molecular formula is C30H43N7O2. The molecule has 0 aliphatic heterocycles. The van der Waals surface area contributed by atoms with Crippen LogP contribution in [0.2, 0.25) is 0 Å². The zero-order chi connectivity index (χ0) is 27.6. The van der Waals surface area contributed by atoms with Gasteiger partial charge in [-0.3, -0.25) is 9.59 Å². The van der Waals surface area contributed by atoms with Crippen molar-refractivity contribution in [3.05, 3.63) is 71.8 Å². The van der Waals surface area contributed by atoms with E-state index in [1.54, 1.807) is 36.6 Å². The molecule has 2 heterocycles. The van der Waals surface area contributed by atoms with Crippen molar-refractivity contribution >= 4 is 11.8 Å². The van der Waals surface area contributed by atoms with Crippen LogP contribution in [0.5, 0.6) is 0 Å². The van der Waals surface area contributed by atoms with Crippen molar-refractivity contribution in [3.8, 4) is 0 Å². The van der Waals surface area contributed by atoms with Crippen LogP contribution in [0.4, 0.5) is 0 Å². The average molecular weight is 534 g/mol. The van der Waals surface area contributed by atoms with Gasteiger partial charge in [0.05, 0.1) is 13.1 Å². The molecule has 0 bridgehead atoms. The van der Waals surface area contributed by atoms with Gasteiger partial charge in [0.25, 0.3) is 5.91 Å². The molecule has 9 nitrogen and oxygen atoms in total. The third kappa shape index (κ3) is 7.79. The van der Waals surface area contributed by atoms with Gasteiger partial charge in [0.15, 0.2) is 0 Å². The summed E-state index contributed by atoms with van der Waals surface area (Å²) >= 11 is 0. The van der Waals surface area contributed by atoms with Crippen molar-refractivity contribution in [1.29, 1.82) is 0 Å². The number of aromatic nitrogens is 4. The Morgan fingerprint density at radius 1 is 0.821 bits per heavy atom. The predicted octanol–water partition coefficient (Wildman–Crippen LogP) is 4.76. The molecule has 1 aliphatic carbocycles. The number of rotatable bonds is 13. The van der Waals surface area contributed by atoms with Crippen LogP contribution in [-0.2, 0) is 24.4 Å². The highest BCUT2D eigenvalue weighted by Crippen LogP contribution is 2.28. The van der Waals surface area contributed by atoms with Crippen molar-refractivity contribution in [3.63, 3.8) is 0 Å². The third-order valence-corrected chi connectivity index (χ3v) is 7.68. The van der Waals surface area contributed by atoms with Gasteiger partial charge in [-0.05, 0) is 69.3 Å². The molecule has 4 rings (SSSR count). The molecule has 3 aromatic rings. The van der Waals surface area contributed by atoms with Gasteiger partial charge >= 0.3 is 0 Å². The third-order valence-electron chi connectivity index (χ3n) is 7.68. The van der Waals surface area contributed by atoms with Gasteiger partial charge in [-0.25, -0.2) is 9.97 Å². The molecule has 1 saturated carbocycles. The number of carbonyl (C=O) groups is 2. The minimum absolute atomic E-state index is 0.0974. The minimum Gasteiger partial charge on any atom is -0.347 e. The van der Waals surface area contributed by atoms with Crippen LogP contribution in [0.1, 0.15) is 86.9 Å². The van der Waals surface area contributed by atoms with Gasteiger partial charge in [-0.1, -0.05) is 26.0 Å². The molecule has 210 valence electrons. The fourth-order valence-electron chi connectivity index (χ4n) is 5.75. The summed E-state index contributed by atoms with van der Waals surface area (Å²) in [6, 6.07) is 8.55. The number of hydrogen-bond acceptors (Lipinski definition) is 5. The molecule has 0 unspecified atom stereocenters. The lowest BCUT2D eigenvalue weighted by molar-refractivity contribution is -0.132. The summed E-state index contributed by atoms with van der Waals surface area (Å²) in [5.41, 5.74) is 1.63. The number of H-pyrrole nitrogens is 2. The van der Waals surface area contributed by atoms with E-state index in [0.29, 0.717) is 42.9 Å². The average Bonchev–Trinajstić information content (AvgIpc) is 3.66. The summed E-state index contributed by atoms with van der Waals surface area (Å²) in [5, 5.41) is 0. The first-order chi connectivity index (χ1) is 19.0. The Balaban J connectivity index is 1.39. The first-order valence-corrected chi connectivity index (χ1v) is 14.3. The summed E-state index contributed by atoms with van der Waals surface area (Å²) in [5.74, 6) is 1.44. The summed E-state index contributed by atoms with van der Waals surface area (Å²) < 4.78 is 0. The molecular weight excluding hydrogens is 490 g/mol. The van der Waals surface area contributed by atoms with E-state index in [9.17, 15) is 9.59 Å². The highest BCUT2D eigenvalue weighted by Gasteiger charge is 2.30. The standard InChI is InChI=1S/C30H43N7O2/c1-4-18-35(19-5-2)26-10-12-27(13-11-26)37(23(3)38)20-24-6-8-25(9-7-24)30(39)36(21-28-31-14-15-32-28)22-29-33-16-17-34-29/h6-9,14-17,26-27H,4-5,10-13,18-22H2,1-3H3,(H,31,32)(H,33,34). The van der Waals surface area contributed by atoms with Crippen LogP contribution in [-0.4, -0.2) is 71.6 Å². The van der Waals surface area contributed by atoms with Crippen molar-refractivity contribution < 1.29 is 9.59 Å². The molecule has 2 amide bonds. The monoisotopic (exact) mass is 533 g/mol. The molecule has 2 N–H and O–H groups in total. The van der Waals surface area contributed by atoms with Crippen LogP contribution in [0.3, 0.4) is 0 Å². The Labute approximate surface area is 232 Å². The first kappa shape index (κ1) is 28.5. The van der Waals surface area contributed by atoms with E-state index in [-0.39, 0.29) is 17.9 Å². The van der Waals surface area contributed by atoms with Gasteiger partial charge in [-0.15, -0.1) is 0 Å². The number of carbonyl (C=O) groups excluding carboxylic acids is 2. The second kappa shape index (κ2) is 14.1. The van der Waals surface area contributed by atoms with Gasteiger partial charge < -0.3 is 24.7 Å². The fourth-order valence-corrected chi connectivity index (χ4v) is 5.75. The lowest BCUT2D eigenvalue weighted by Gasteiger charge is -2.40. The summed E-state index contributed by atoms with van der Waals surface area (Å²) in [6.45, 7) is 9.75. The molecule has 39 heavy (non-hydrogen) atoms. The number of amides is 2. The molecule has 9 heteroatoms. The van der Waals surface area contributed by atoms with E-state index in [0.717, 1.165) is 44.3 Å². The highest BCUT2D eigenvalue weighted by atomic mass is 16.2. The zero-order valence-electron chi connectivity index (χ0n) is 23.6. The first-order valence-electron chi connectivity index (χ1n) is 14.3. The number of hydrogen-bond donors (Lipinski definition) is 2. The summed E-state index contributed by atoms with van der Waals surface area (Å²) in [4.78, 5) is 47.2. The zero-order valence-corrected chi connectivity index (χ0v) is 23.6. The van der Waals surface area contributed by atoms with Crippen molar-refractivity contribution in [2.75, 3.05) is 13.1 Å². The van der Waals surface area contributed by atoms with Gasteiger partial charge in [0, 0.05) is 55.9 Å². The van der Waals surface area contributed by atoms with E-state index in [1.165, 1.54) is 12.8 Å². The van der Waals surface area contributed by atoms with Crippen LogP contribution in [0.15, 0.2) is 49.1 Å². The van der Waals surface area contributed by atoms with Crippen molar-refractivity contribution in [1.82, 2.24) is 34.6 Å². The fraction of sp³-hybridized carbons (Fsp3) is 0.533. The van der Waals surface area contributed by atoms with Gasteiger partial charge in [-0.2, -0.15) is 0 Å². The highest BCUT2D eigenvalue weighted by molar-refractivity contribution is 5.94. The maximum absolute atomic E-state index is 13.4. The molecule has 1 aromatic carbocycles. The van der Waals surface area contributed by atoms with E-state index < -0.39 is 0 Å². The summed E-state index contributed by atoms with van der Waals surface area (Å²) in [7, 11) is 0. The van der Waals surface area contributed by atoms with Crippen molar-refractivity contribution in [2.45, 2.75) is 91.0 Å². The Morgan fingerprint density at radius 2 is 1.36 bits per heavy atom. The maximum atomic E-state index is 13.4. The topological polar surface area (TPSA) is 101 Å². The Kier molecular flexibility index (Phi) is 10.3. The quantitative estimate of drug-likeness (QED) is 0.330. The molecule has 0 spiro atoms. The molecule has 0 atom stereocenters. The number of nitrogens with one attached hydrogen (secondary N) is 2. The van der Waals surface area contributed by atoms with Gasteiger partial charge in [0.1, 0.15) is 11.6 Å². The van der Waals surface area contributed by atoms with Crippen LogP contribution < -0.4 is 0 Å².